The highest BCUT2D eigenvalue weighted by molar-refractivity contribution is 9.10. The Hall–Kier alpha value is -3.11. The van der Waals surface area contributed by atoms with Gasteiger partial charge >= 0.3 is 0 Å². The predicted octanol–water partition coefficient (Wildman–Crippen LogP) is 3.47. The van der Waals surface area contributed by atoms with Gasteiger partial charge in [-0.3, -0.25) is 9.59 Å². The van der Waals surface area contributed by atoms with E-state index in [0.717, 1.165) is 9.04 Å². The number of amides is 1. The largest absolute Gasteiger partial charge is 0.486 e. The van der Waals surface area contributed by atoms with Crippen LogP contribution in [0.3, 0.4) is 0 Å². The van der Waals surface area contributed by atoms with Crippen LogP contribution in [0.1, 0.15) is 11.3 Å². The fourth-order valence-electron chi connectivity index (χ4n) is 3.63. The number of sulfone groups is 1. The Balaban J connectivity index is 1.64. The molecule has 0 spiro atoms. The molecule has 0 radical (unpaired) electrons. The Kier molecular flexibility index (Phi) is 6.31. The number of rotatable bonds is 5. The number of ether oxygens (including phenoxy) is 2. The van der Waals surface area contributed by atoms with Crippen LogP contribution in [-0.2, 0) is 21.2 Å². The molecule has 0 atom stereocenters. The second-order valence-electron chi connectivity index (χ2n) is 7.55. The maximum absolute atomic E-state index is 13.2. The SMILES string of the molecule is Cc1cc(C)n(CC(=O)Nc2ccc3c(c2)OCCO3)c(=O)c1S(=O)(=O)c1ccc(Br)cc1. The van der Waals surface area contributed by atoms with Crippen molar-refractivity contribution in [3.8, 4) is 11.5 Å². The lowest BCUT2D eigenvalue weighted by molar-refractivity contribution is -0.116. The maximum Gasteiger partial charge on any atom is 0.270 e. The minimum absolute atomic E-state index is 0.00188. The summed E-state index contributed by atoms with van der Waals surface area (Å²) in [7, 11) is -4.08. The monoisotopic (exact) mass is 532 g/mol. The van der Waals surface area contributed by atoms with Crippen molar-refractivity contribution in [2.45, 2.75) is 30.2 Å². The Labute approximate surface area is 199 Å². The molecule has 3 aromatic rings. The van der Waals surface area contributed by atoms with Crippen LogP contribution in [0.2, 0.25) is 0 Å². The number of benzene rings is 2. The molecular weight excluding hydrogens is 512 g/mol. The van der Waals surface area contributed by atoms with Gasteiger partial charge in [0.2, 0.25) is 15.7 Å². The average molecular weight is 533 g/mol. The van der Waals surface area contributed by atoms with Crippen LogP contribution in [-0.4, -0.2) is 32.1 Å². The minimum Gasteiger partial charge on any atom is -0.486 e. The quantitative estimate of drug-likeness (QED) is 0.539. The Bertz CT molecular complexity index is 1400. The maximum atomic E-state index is 13.2. The van der Waals surface area contributed by atoms with Gasteiger partial charge in [0.15, 0.2) is 11.5 Å². The Morgan fingerprint density at radius 1 is 1.03 bits per heavy atom. The molecule has 1 aliphatic rings. The Morgan fingerprint density at radius 2 is 1.70 bits per heavy atom. The van der Waals surface area contributed by atoms with Crippen molar-refractivity contribution in [3.05, 3.63) is 74.6 Å². The zero-order valence-corrected chi connectivity index (χ0v) is 20.3. The molecule has 0 saturated carbocycles. The van der Waals surface area contributed by atoms with E-state index in [1.54, 1.807) is 50.2 Å². The van der Waals surface area contributed by atoms with Gasteiger partial charge in [0.05, 0.1) is 4.90 Å². The smallest absolute Gasteiger partial charge is 0.270 e. The van der Waals surface area contributed by atoms with Gasteiger partial charge in [0, 0.05) is 21.9 Å². The highest BCUT2D eigenvalue weighted by atomic mass is 79.9. The number of pyridine rings is 1. The van der Waals surface area contributed by atoms with E-state index in [2.05, 4.69) is 21.2 Å². The van der Waals surface area contributed by atoms with E-state index in [9.17, 15) is 18.0 Å². The van der Waals surface area contributed by atoms with E-state index in [4.69, 9.17) is 9.47 Å². The van der Waals surface area contributed by atoms with Crippen molar-refractivity contribution >= 4 is 37.4 Å². The van der Waals surface area contributed by atoms with Crippen molar-refractivity contribution < 1.29 is 22.7 Å². The number of halogens is 1. The zero-order valence-electron chi connectivity index (χ0n) is 17.9. The lowest BCUT2D eigenvalue weighted by atomic mass is 10.2. The molecule has 2 aromatic carbocycles. The molecule has 4 rings (SSSR count). The third-order valence-corrected chi connectivity index (χ3v) is 7.62. The third-order valence-electron chi connectivity index (χ3n) is 5.17. The fourth-order valence-corrected chi connectivity index (χ4v) is 5.45. The van der Waals surface area contributed by atoms with Crippen LogP contribution >= 0.6 is 15.9 Å². The number of nitrogens with zero attached hydrogens (tertiary/aromatic N) is 1. The normalized spacial score (nSPS) is 12.9. The van der Waals surface area contributed by atoms with Gasteiger partial charge < -0.3 is 19.4 Å². The van der Waals surface area contributed by atoms with E-state index in [1.807, 2.05) is 0 Å². The molecule has 0 fully saturated rings. The van der Waals surface area contributed by atoms with Crippen molar-refractivity contribution in [1.82, 2.24) is 4.57 Å². The first-order valence-electron chi connectivity index (χ1n) is 10.1. The van der Waals surface area contributed by atoms with Crippen molar-refractivity contribution in [1.29, 1.82) is 0 Å². The highest BCUT2D eigenvalue weighted by Gasteiger charge is 2.26. The molecule has 10 heteroatoms. The average Bonchev–Trinajstić information content (AvgIpc) is 2.76. The number of carbonyl (C=O) groups excluding carboxylic acids is 1. The zero-order chi connectivity index (χ0) is 23.8. The van der Waals surface area contributed by atoms with Crippen LogP contribution in [0.15, 0.2) is 67.6 Å². The van der Waals surface area contributed by atoms with E-state index < -0.39 is 21.3 Å². The lowest BCUT2D eigenvalue weighted by Gasteiger charge is -2.19. The molecule has 0 aliphatic carbocycles. The summed E-state index contributed by atoms with van der Waals surface area (Å²) >= 11 is 3.27. The van der Waals surface area contributed by atoms with E-state index in [1.165, 1.54) is 12.1 Å². The van der Waals surface area contributed by atoms with E-state index >= 15 is 0 Å². The van der Waals surface area contributed by atoms with Crippen LogP contribution in [0, 0.1) is 13.8 Å². The molecule has 1 aromatic heterocycles. The van der Waals surface area contributed by atoms with Crippen molar-refractivity contribution in [2.75, 3.05) is 18.5 Å². The summed E-state index contributed by atoms with van der Waals surface area (Å²) in [5.74, 6) is 0.631. The highest BCUT2D eigenvalue weighted by Crippen LogP contribution is 2.32. The molecule has 0 saturated heterocycles. The second kappa shape index (κ2) is 9.03. The van der Waals surface area contributed by atoms with Gasteiger partial charge in [-0.05, 0) is 61.9 Å². The van der Waals surface area contributed by atoms with Gasteiger partial charge in [-0.1, -0.05) is 15.9 Å². The number of anilines is 1. The first-order valence-corrected chi connectivity index (χ1v) is 12.4. The lowest BCUT2D eigenvalue weighted by Crippen LogP contribution is -2.33. The summed E-state index contributed by atoms with van der Waals surface area (Å²) < 4.78 is 39.3. The van der Waals surface area contributed by atoms with Crippen LogP contribution in [0.25, 0.3) is 0 Å². The van der Waals surface area contributed by atoms with Gasteiger partial charge in [0.25, 0.3) is 5.56 Å². The molecule has 1 amide bonds. The molecular formula is C23H21BrN2O6S. The summed E-state index contributed by atoms with van der Waals surface area (Å²) in [6, 6.07) is 12.6. The summed E-state index contributed by atoms with van der Waals surface area (Å²) in [6.45, 7) is 3.75. The Morgan fingerprint density at radius 3 is 2.39 bits per heavy atom. The van der Waals surface area contributed by atoms with Crippen molar-refractivity contribution in [3.63, 3.8) is 0 Å². The topological polar surface area (TPSA) is 104 Å². The molecule has 2 heterocycles. The number of hydrogen-bond acceptors (Lipinski definition) is 6. The van der Waals surface area contributed by atoms with Crippen molar-refractivity contribution in [2.24, 2.45) is 0 Å². The number of aromatic nitrogens is 1. The number of nitrogens with one attached hydrogen (secondary N) is 1. The molecule has 1 N–H and O–H groups in total. The number of aryl methyl sites for hydroxylation is 2. The molecule has 0 bridgehead atoms. The van der Waals surface area contributed by atoms with Gasteiger partial charge in [-0.25, -0.2) is 8.42 Å². The van der Waals surface area contributed by atoms with Crippen LogP contribution < -0.4 is 20.3 Å². The fraction of sp³-hybridized carbons (Fsp3) is 0.217. The summed E-state index contributed by atoms with van der Waals surface area (Å²) in [6.07, 6.45) is 0. The van der Waals surface area contributed by atoms with Gasteiger partial charge in [-0.15, -0.1) is 0 Å². The van der Waals surface area contributed by atoms with Gasteiger partial charge in [0.1, 0.15) is 24.7 Å². The molecule has 8 nitrogen and oxygen atoms in total. The molecule has 1 aliphatic heterocycles. The van der Waals surface area contributed by atoms with Gasteiger partial charge in [-0.2, -0.15) is 0 Å². The summed E-state index contributed by atoms with van der Waals surface area (Å²) in [5.41, 5.74) is 0.533. The van der Waals surface area contributed by atoms with Crippen LogP contribution in [0.4, 0.5) is 5.69 Å². The summed E-state index contributed by atoms with van der Waals surface area (Å²) in [5, 5.41) is 2.72. The molecule has 33 heavy (non-hydrogen) atoms. The number of carbonyl (C=O) groups is 1. The molecule has 172 valence electrons. The van der Waals surface area contributed by atoms with E-state index in [0.29, 0.717) is 41.7 Å². The van der Waals surface area contributed by atoms with Crippen LogP contribution in [0.5, 0.6) is 11.5 Å². The first kappa shape index (κ1) is 23.1. The predicted molar refractivity (Wildman–Crippen MR) is 126 cm³/mol. The summed E-state index contributed by atoms with van der Waals surface area (Å²) in [4.78, 5) is 25.6. The van der Waals surface area contributed by atoms with E-state index in [-0.39, 0.29) is 16.3 Å². The number of fused-ring (bicyclic) bond motifs is 1. The second-order valence-corrected chi connectivity index (χ2v) is 10.4. The molecule has 0 unspecified atom stereocenters. The minimum atomic E-state index is -4.08. The standard InChI is InChI=1S/C23H21BrN2O6S/c1-14-11-15(2)26(23(28)22(14)33(29,30)18-6-3-16(24)4-7-18)13-21(27)25-17-5-8-19-20(12-17)32-10-9-31-19/h3-8,11-12H,9-10,13H2,1-2H3,(H,25,27). The first-order chi connectivity index (χ1) is 15.7. The third kappa shape index (κ3) is 4.67. The number of hydrogen-bond donors (Lipinski definition) is 1.